The summed E-state index contributed by atoms with van der Waals surface area (Å²) >= 11 is 12.4. The second kappa shape index (κ2) is 6.48. The zero-order chi connectivity index (χ0) is 12.1. The molecule has 1 aromatic carbocycles. The molecule has 1 aromatic rings. The molecule has 1 nitrogen and oxygen atoms in total. The number of hydrogen-bond acceptors (Lipinski definition) is 1. The summed E-state index contributed by atoms with van der Waals surface area (Å²) in [6.45, 7) is 7.42. The van der Waals surface area contributed by atoms with Gasteiger partial charge in [0.2, 0.25) is 0 Å². The fourth-order valence-electron chi connectivity index (χ4n) is 1.86. The Balaban J connectivity index is 3.00. The van der Waals surface area contributed by atoms with Crippen molar-refractivity contribution in [1.29, 1.82) is 0 Å². The van der Waals surface area contributed by atoms with Gasteiger partial charge in [-0.15, -0.1) is 0 Å². The summed E-state index contributed by atoms with van der Waals surface area (Å²) < 4.78 is 0. The van der Waals surface area contributed by atoms with E-state index in [-0.39, 0.29) is 6.04 Å². The molecule has 90 valence electrons. The fraction of sp³-hybridized carbons (Fsp3) is 0.538. The van der Waals surface area contributed by atoms with Gasteiger partial charge in [0.15, 0.2) is 0 Å². The Labute approximate surface area is 108 Å². The van der Waals surface area contributed by atoms with Gasteiger partial charge < -0.3 is 5.32 Å². The summed E-state index contributed by atoms with van der Waals surface area (Å²) in [4.78, 5) is 0. The summed E-state index contributed by atoms with van der Waals surface area (Å²) in [7, 11) is 0. The van der Waals surface area contributed by atoms with Crippen LogP contribution in [0.3, 0.4) is 0 Å². The Morgan fingerprint density at radius 2 is 1.75 bits per heavy atom. The molecule has 0 aliphatic heterocycles. The second-order valence-corrected chi connectivity index (χ2v) is 5.19. The molecular weight excluding hydrogens is 241 g/mol. The third-order valence-corrected chi connectivity index (χ3v) is 3.16. The minimum atomic E-state index is 0.242. The zero-order valence-electron chi connectivity index (χ0n) is 10.1. The zero-order valence-corrected chi connectivity index (χ0v) is 11.6. The van der Waals surface area contributed by atoms with E-state index >= 15 is 0 Å². The Bertz CT molecular complexity index is 316. The van der Waals surface area contributed by atoms with E-state index in [1.54, 1.807) is 0 Å². The van der Waals surface area contributed by atoms with Gasteiger partial charge in [-0.05, 0) is 31.0 Å². The number of benzene rings is 1. The van der Waals surface area contributed by atoms with E-state index in [2.05, 4.69) is 26.1 Å². The summed E-state index contributed by atoms with van der Waals surface area (Å²) in [5.74, 6) is 0.608. The summed E-state index contributed by atoms with van der Waals surface area (Å²) in [6.07, 6.45) is 1.04. The molecule has 0 aliphatic rings. The predicted molar refractivity (Wildman–Crippen MR) is 72.3 cm³/mol. The maximum atomic E-state index is 6.22. The minimum absolute atomic E-state index is 0.242. The van der Waals surface area contributed by atoms with Crippen molar-refractivity contribution in [2.24, 2.45) is 5.92 Å². The van der Waals surface area contributed by atoms with Crippen molar-refractivity contribution in [3.8, 4) is 0 Å². The lowest BCUT2D eigenvalue weighted by atomic mass is 9.97. The van der Waals surface area contributed by atoms with Crippen molar-refractivity contribution in [2.75, 3.05) is 6.54 Å². The molecule has 1 N–H and O–H groups in total. The van der Waals surface area contributed by atoms with Gasteiger partial charge in [-0.1, -0.05) is 50.0 Å². The summed E-state index contributed by atoms with van der Waals surface area (Å²) in [5, 5.41) is 4.94. The van der Waals surface area contributed by atoms with Gasteiger partial charge in [0, 0.05) is 21.7 Å². The van der Waals surface area contributed by atoms with Gasteiger partial charge in [-0.3, -0.25) is 0 Å². The van der Waals surface area contributed by atoms with E-state index in [1.807, 2.05) is 18.2 Å². The standard InChI is InChI=1S/C13H19Cl2N/c1-4-16-12(8-9(2)3)13-10(14)6-5-7-11(13)15/h5-7,9,12,16H,4,8H2,1-3H3. The van der Waals surface area contributed by atoms with Crippen molar-refractivity contribution >= 4 is 23.2 Å². The SMILES string of the molecule is CCNC(CC(C)C)c1c(Cl)cccc1Cl. The van der Waals surface area contributed by atoms with Gasteiger partial charge in [-0.2, -0.15) is 0 Å². The van der Waals surface area contributed by atoms with Crippen LogP contribution in [0.5, 0.6) is 0 Å². The number of hydrogen-bond donors (Lipinski definition) is 1. The van der Waals surface area contributed by atoms with Crippen LogP contribution in [0.25, 0.3) is 0 Å². The lowest BCUT2D eigenvalue weighted by Gasteiger charge is -2.22. The largest absolute Gasteiger partial charge is 0.310 e. The summed E-state index contributed by atoms with van der Waals surface area (Å²) in [6, 6.07) is 5.92. The molecule has 0 saturated carbocycles. The second-order valence-electron chi connectivity index (χ2n) is 4.38. The molecule has 0 fully saturated rings. The average molecular weight is 260 g/mol. The third-order valence-electron chi connectivity index (χ3n) is 2.51. The molecule has 0 aromatic heterocycles. The van der Waals surface area contributed by atoms with Crippen molar-refractivity contribution < 1.29 is 0 Å². The van der Waals surface area contributed by atoms with Crippen LogP contribution < -0.4 is 5.32 Å². The third kappa shape index (κ3) is 3.65. The van der Waals surface area contributed by atoms with Crippen LogP contribution in [0.4, 0.5) is 0 Å². The summed E-state index contributed by atoms with van der Waals surface area (Å²) in [5.41, 5.74) is 1.03. The quantitative estimate of drug-likeness (QED) is 0.809. The first-order valence-electron chi connectivity index (χ1n) is 5.73. The van der Waals surface area contributed by atoms with Crippen molar-refractivity contribution in [2.45, 2.75) is 33.2 Å². The Morgan fingerprint density at radius 3 is 2.19 bits per heavy atom. The van der Waals surface area contributed by atoms with Crippen LogP contribution in [0.1, 0.15) is 38.8 Å². The first-order chi connectivity index (χ1) is 7.56. The van der Waals surface area contributed by atoms with E-state index in [0.717, 1.165) is 28.6 Å². The number of nitrogens with one attached hydrogen (secondary N) is 1. The Kier molecular flexibility index (Phi) is 5.60. The highest BCUT2D eigenvalue weighted by Gasteiger charge is 2.17. The minimum Gasteiger partial charge on any atom is -0.310 e. The monoisotopic (exact) mass is 259 g/mol. The molecule has 0 spiro atoms. The molecule has 0 aliphatic carbocycles. The van der Waals surface area contributed by atoms with Gasteiger partial charge in [0.05, 0.1) is 0 Å². The maximum absolute atomic E-state index is 6.22. The molecule has 0 radical (unpaired) electrons. The van der Waals surface area contributed by atoms with Gasteiger partial charge in [-0.25, -0.2) is 0 Å². The molecule has 1 atom stereocenters. The van der Waals surface area contributed by atoms with Gasteiger partial charge in [0.1, 0.15) is 0 Å². The molecule has 1 unspecified atom stereocenters. The van der Waals surface area contributed by atoms with Crippen LogP contribution in [-0.2, 0) is 0 Å². The van der Waals surface area contributed by atoms with E-state index in [0.29, 0.717) is 5.92 Å². The number of rotatable bonds is 5. The Morgan fingerprint density at radius 1 is 1.19 bits per heavy atom. The molecule has 0 bridgehead atoms. The highest BCUT2D eigenvalue weighted by atomic mass is 35.5. The van der Waals surface area contributed by atoms with Crippen molar-refractivity contribution in [3.63, 3.8) is 0 Å². The van der Waals surface area contributed by atoms with Gasteiger partial charge >= 0.3 is 0 Å². The van der Waals surface area contributed by atoms with Crippen molar-refractivity contribution in [3.05, 3.63) is 33.8 Å². The molecular formula is C13H19Cl2N. The Hall–Kier alpha value is -0.240. The molecule has 1 rings (SSSR count). The highest BCUT2D eigenvalue weighted by molar-refractivity contribution is 6.36. The van der Waals surface area contributed by atoms with Crippen LogP contribution in [0.15, 0.2) is 18.2 Å². The van der Waals surface area contributed by atoms with Crippen LogP contribution >= 0.6 is 23.2 Å². The van der Waals surface area contributed by atoms with E-state index in [9.17, 15) is 0 Å². The topological polar surface area (TPSA) is 12.0 Å². The highest BCUT2D eigenvalue weighted by Crippen LogP contribution is 2.33. The molecule has 3 heteroatoms. The molecule has 0 heterocycles. The van der Waals surface area contributed by atoms with Gasteiger partial charge in [0.25, 0.3) is 0 Å². The molecule has 0 amide bonds. The van der Waals surface area contributed by atoms with Crippen molar-refractivity contribution in [1.82, 2.24) is 5.32 Å². The molecule has 0 saturated heterocycles. The van der Waals surface area contributed by atoms with E-state index < -0.39 is 0 Å². The van der Waals surface area contributed by atoms with E-state index in [4.69, 9.17) is 23.2 Å². The van der Waals surface area contributed by atoms with Crippen LogP contribution in [0, 0.1) is 5.92 Å². The normalized spacial score (nSPS) is 13.1. The fourth-order valence-corrected chi connectivity index (χ4v) is 2.53. The maximum Gasteiger partial charge on any atom is 0.0468 e. The van der Waals surface area contributed by atoms with Crippen LogP contribution in [0.2, 0.25) is 10.0 Å². The predicted octanol–water partition coefficient (Wildman–Crippen LogP) is 4.69. The first kappa shape index (κ1) is 13.8. The van der Waals surface area contributed by atoms with E-state index in [1.165, 1.54) is 0 Å². The lowest BCUT2D eigenvalue weighted by Crippen LogP contribution is -2.23. The lowest BCUT2D eigenvalue weighted by molar-refractivity contribution is 0.439. The van der Waals surface area contributed by atoms with Crippen LogP contribution in [-0.4, -0.2) is 6.54 Å². The first-order valence-corrected chi connectivity index (χ1v) is 6.49. The smallest absolute Gasteiger partial charge is 0.0468 e. The number of halogens is 2. The average Bonchev–Trinajstić information content (AvgIpc) is 2.16. The molecule has 16 heavy (non-hydrogen) atoms.